The second kappa shape index (κ2) is 6.41. The summed E-state index contributed by atoms with van der Waals surface area (Å²) in [5, 5.41) is 0. The van der Waals surface area contributed by atoms with Gasteiger partial charge in [-0.15, -0.1) is 0 Å². The van der Waals surface area contributed by atoms with Crippen LogP contribution < -0.4 is 0 Å². The number of rotatable bonds is 5. The van der Waals surface area contributed by atoms with Crippen LogP contribution in [0.4, 0.5) is 0 Å². The highest BCUT2D eigenvalue weighted by atomic mass is 16.5. The summed E-state index contributed by atoms with van der Waals surface area (Å²) in [7, 11) is 0. The minimum Gasteiger partial charge on any atom is -0.377 e. The molecule has 0 heterocycles. The Morgan fingerprint density at radius 1 is 1.07 bits per heavy atom. The fourth-order valence-corrected chi connectivity index (χ4v) is 2.60. The molecule has 0 saturated heterocycles. The molecule has 0 aromatic rings. The van der Waals surface area contributed by atoms with Gasteiger partial charge < -0.3 is 4.74 Å². The highest BCUT2D eigenvalue weighted by Crippen LogP contribution is 2.25. The summed E-state index contributed by atoms with van der Waals surface area (Å²) < 4.78 is 5.84. The van der Waals surface area contributed by atoms with E-state index in [1.807, 2.05) is 0 Å². The Balaban J connectivity index is 2.51. The van der Waals surface area contributed by atoms with E-state index in [4.69, 9.17) is 4.74 Å². The molecule has 0 aromatic heterocycles. The average molecular weight is 199 g/mol. The van der Waals surface area contributed by atoms with E-state index in [0.717, 1.165) is 19.7 Å². The lowest BCUT2D eigenvalue weighted by atomic mass is 9.91. The average Bonchev–Trinajstić information content (AvgIpc) is 2.23. The van der Waals surface area contributed by atoms with Gasteiger partial charge in [0.2, 0.25) is 0 Å². The van der Waals surface area contributed by atoms with Crippen molar-refractivity contribution in [2.75, 3.05) is 19.7 Å². The van der Waals surface area contributed by atoms with Gasteiger partial charge in [0.05, 0.1) is 6.10 Å². The number of hydrogen-bond acceptors (Lipinski definition) is 2. The minimum atomic E-state index is 0.494. The molecule has 1 aliphatic carbocycles. The maximum atomic E-state index is 5.84. The van der Waals surface area contributed by atoms with Crippen LogP contribution in [0.15, 0.2) is 0 Å². The van der Waals surface area contributed by atoms with E-state index in [0.29, 0.717) is 12.1 Å². The maximum absolute atomic E-state index is 5.84. The quantitative estimate of drug-likeness (QED) is 0.675. The van der Waals surface area contributed by atoms with Crippen molar-refractivity contribution in [1.29, 1.82) is 0 Å². The van der Waals surface area contributed by atoms with Gasteiger partial charge in [0, 0.05) is 12.6 Å². The van der Waals surface area contributed by atoms with Crippen molar-refractivity contribution < 1.29 is 4.74 Å². The van der Waals surface area contributed by atoms with E-state index in [9.17, 15) is 0 Å². The van der Waals surface area contributed by atoms with Gasteiger partial charge in [-0.2, -0.15) is 0 Å². The first kappa shape index (κ1) is 12.0. The summed E-state index contributed by atoms with van der Waals surface area (Å²) in [6, 6.07) is 0.679. The maximum Gasteiger partial charge on any atom is 0.0730 e. The minimum absolute atomic E-state index is 0.494. The van der Waals surface area contributed by atoms with Gasteiger partial charge in [-0.05, 0) is 32.9 Å². The zero-order valence-electron chi connectivity index (χ0n) is 9.96. The first-order chi connectivity index (χ1) is 6.83. The fraction of sp³-hybridized carbons (Fsp3) is 1.00. The first-order valence-electron chi connectivity index (χ1n) is 6.19. The largest absolute Gasteiger partial charge is 0.377 e. The molecule has 14 heavy (non-hydrogen) atoms. The molecule has 2 atom stereocenters. The summed E-state index contributed by atoms with van der Waals surface area (Å²) in [4.78, 5) is 2.56. The first-order valence-corrected chi connectivity index (χ1v) is 6.19. The molecule has 0 amide bonds. The molecule has 0 N–H and O–H groups in total. The fourth-order valence-electron chi connectivity index (χ4n) is 2.60. The third-order valence-electron chi connectivity index (χ3n) is 3.33. The third kappa shape index (κ3) is 2.96. The summed E-state index contributed by atoms with van der Waals surface area (Å²) in [6.07, 6.45) is 5.81. The van der Waals surface area contributed by atoms with Crippen LogP contribution in [-0.2, 0) is 4.74 Å². The van der Waals surface area contributed by atoms with Crippen molar-refractivity contribution in [3.05, 3.63) is 0 Å². The molecule has 2 nitrogen and oxygen atoms in total. The molecular formula is C12H25NO. The molecule has 1 unspecified atom stereocenters. The van der Waals surface area contributed by atoms with E-state index in [2.05, 4.69) is 25.7 Å². The van der Waals surface area contributed by atoms with Crippen molar-refractivity contribution in [3.8, 4) is 0 Å². The van der Waals surface area contributed by atoms with Gasteiger partial charge in [-0.1, -0.05) is 26.7 Å². The van der Waals surface area contributed by atoms with Crippen molar-refractivity contribution in [3.63, 3.8) is 0 Å². The molecule has 0 radical (unpaired) electrons. The molecule has 0 bridgehead atoms. The van der Waals surface area contributed by atoms with Gasteiger partial charge in [0.15, 0.2) is 0 Å². The van der Waals surface area contributed by atoms with Crippen molar-refractivity contribution >= 4 is 0 Å². The zero-order valence-corrected chi connectivity index (χ0v) is 9.96. The predicted octanol–water partition coefficient (Wildman–Crippen LogP) is 2.68. The molecule has 1 saturated carbocycles. The Bertz CT molecular complexity index is 143. The molecule has 1 fully saturated rings. The molecule has 1 aliphatic rings. The van der Waals surface area contributed by atoms with E-state index in [1.54, 1.807) is 0 Å². The Kier molecular flexibility index (Phi) is 5.49. The summed E-state index contributed by atoms with van der Waals surface area (Å²) in [6.45, 7) is 9.79. The molecule has 0 aromatic carbocycles. The number of ether oxygens (including phenoxy) is 1. The smallest absolute Gasteiger partial charge is 0.0730 e. The molecular weight excluding hydrogens is 174 g/mol. The molecule has 1 rings (SSSR count). The Morgan fingerprint density at radius 2 is 1.71 bits per heavy atom. The zero-order chi connectivity index (χ0) is 10.4. The number of hydrogen-bond donors (Lipinski definition) is 0. The highest BCUT2D eigenvalue weighted by Gasteiger charge is 2.28. The lowest BCUT2D eigenvalue weighted by Crippen LogP contribution is -2.46. The van der Waals surface area contributed by atoms with E-state index < -0.39 is 0 Å². The third-order valence-corrected chi connectivity index (χ3v) is 3.33. The van der Waals surface area contributed by atoms with Crippen molar-refractivity contribution in [2.45, 2.75) is 58.6 Å². The summed E-state index contributed by atoms with van der Waals surface area (Å²) in [5.74, 6) is 0. The van der Waals surface area contributed by atoms with Gasteiger partial charge in [-0.25, -0.2) is 0 Å². The monoisotopic (exact) mass is 199 g/mol. The van der Waals surface area contributed by atoms with Crippen LogP contribution in [0.25, 0.3) is 0 Å². The molecule has 0 spiro atoms. The SMILES string of the molecule is CCOC1CCCC[C@H]1N(CC)CC. The Hall–Kier alpha value is -0.0800. The van der Waals surface area contributed by atoms with Crippen LogP contribution in [-0.4, -0.2) is 36.7 Å². The van der Waals surface area contributed by atoms with Crippen LogP contribution in [0.5, 0.6) is 0 Å². The lowest BCUT2D eigenvalue weighted by Gasteiger charge is -2.38. The summed E-state index contributed by atoms with van der Waals surface area (Å²) in [5.41, 5.74) is 0. The lowest BCUT2D eigenvalue weighted by molar-refractivity contribution is -0.0287. The topological polar surface area (TPSA) is 12.5 Å². The van der Waals surface area contributed by atoms with E-state index in [-0.39, 0.29) is 0 Å². The number of likely N-dealkylation sites (N-methyl/N-ethyl adjacent to an activating group) is 1. The van der Waals surface area contributed by atoms with Crippen LogP contribution >= 0.6 is 0 Å². The van der Waals surface area contributed by atoms with E-state index >= 15 is 0 Å². The van der Waals surface area contributed by atoms with Gasteiger partial charge in [-0.3, -0.25) is 4.90 Å². The summed E-state index contributed by atoms with van der Waals surface area (Å²) >= 11 is 0. The molecule has 2 heteroatoms. The second-order valence-electron chi connectivity index (χ2n) is 4.07. The second-order valence-corrected chi connectivity index (χ2v) is 4.07. The number of nitrogens with zero attached hydrogens (tertiary/aromatic N) is 1. The van der Waals surface area contributed by atoms with Gasteiger partial charge >= 0.3 is 0 Å². The van der Waals surface area contributed by atoms with Crippen LogP contribution in [0.3, 0.4) is 0 Å². The van der Waals surface area contributed by atoms with E-state index in [1.165, 1.54) is 25.7 Å². The standard InChI is InChI=1S/C12H25NO/c1-4-13(5-2)11-9-7-8-10-12(11)14-6-3/h11-12H,4-10H2,1-3H3/t11-,12?/m1/s1. The Labute approximate surface area is 88.6 Å². The highest BCUT2D eigenvalue weighted by molar-refractivity contribution is 4.83. The molecule has 0 aliphatic heterocycles. The van der Waals surface area contributed by atoms with Crippen LogP contribution in [0.2, 0.25) is 0 Å². The van der Waals surface area contributed by atoms with Crippen LogP contribution in [0.1, 0.15) is 46.5 Å². The van der Waals surface area contributed by atoms with Gasteiger partial charge in [0.1, 0.15) is 0 Å². The predicted molar refractivity (Wildman–Crippen MR) is 60.6 cm³/mol. The van der Waals surface area contributed by atoms with Crippen molar-refractivity contribution in [1.82, 2.24) is 4.90 Å². The Morgan fingerprint density at radius 3 is 2.29 bits per heavy atom. The van der Waals surface area contributed by atoms with Crippen molar-refractivity contribution in [2.24, 2.45) is 0 Å². The van der Waals surface area contributed by atoms with Crippen LogP contribution in [0, 0.1) is 0 Å². The van der Waals surface area contributed by atoms with Gasteiger partial charge in [0.25, 0.3) is 0 Å². The molecule has 84 valence electrons. The normalized spacial score (nSPS) is 28.3.